The molecule has 0 amide bonds. The molecule has 0 radical (unpaired) electrons. The lowest BCUT2D eigenvalue weighted by Gasteiger charge is -2.12. The van der Waals surface area contributed by atoms with Crippen molar-refractivity contribution < 1.29 is 17.9 Å². The summed E-state index contributed by atoms with van der Waals surface area (Å²) >= 11 is 11.9. The van der Waals surface area contributed by atoms with Crippen molar-refractivity contribution in [1.82, 2.24) is 9.97 Å². The molecule has 0 atom stereocenters. The maximum Gasteiger partial charge on any atom is 0.231 e. The first kappa shape index (κ1) is 24.5. The zero-order valence-corrected chi connectivity index (χ0v) is 20.7. The summed E-state index contributed by atoms with van der Waals surface area (Å²) in [5, 5.41) is 9.68. The van der Waals surface area contributed by atoms with E-state index in [9.17, 15) is 13.7 Å². The van der Waals surface area contributed by atoms with Crippen LogP contribution in [0.5, 0.6) is 17.2 Å². The molecule has 0 saturated heterocycles. The van der Waals surface area contributed by atoms with E-state index in [1.807, 2.05) is 24.3 Å². The Morgan fingerprint density at radius 2 is 1.77 bits per heavy atom. The SMILES string of the molecule is CS(=O)(=O)Nc1cnc2cc(-c3ccc(Oc4cc(Cl)c(OCCCl)c(C#N)c4)cc3)ccc2n1. The Hall–Kier alpha value is -3.58. The van der Waals surface area contributed by atoms with E-state index in [1.165, 1.54) is 6.20 Å². The lowest BCUT2D eigenvalue weighted by molar-refractivity contribution is 0.341. The first-order valence-electron chi connectivity index (χ1n) is 10.2. The predicted octanol–water partition coefficient (Wildman–Crippen LogP) is 5.60. The second-order valence-corrected chi connectivity index (χ2v) is 9.92. The van der Waals surface area contributed by atoms with E-state index < -0.39 is 10.0 Å². The van der Waals surface area contributed by atoms with Crippen molar-refractivity contribution in [2.24, 2.45) is 0 Å². The van der Waals surface area contributed by atoms with Crippen LogP contribution in [0.3, 0.4) is 0 Å². The Morgan fingerprint density at radius 1 is 1.03 bits per heavy atom. The molecule has 0 aliphatic heterocycles. The third-order valence-corrected chi connectivity index (χ3v) is 5.73. The fourth-order valence-electron chi connectivity index (χ4n) is 3.28. The van der Waals surface area contributed by atoms with Gasteiger partial charge in [0, 0.05) is 12.1 Å². The van der Waals surface area contributed by atoms with E-state index in [0.29, 0.717) is 22.5 Å². The molecule has 178 valence electrons. The Morgan fingerprint density at radius 3 is 2.46 bits per heavy atom. The molecular formula is C24H18Cl2N4O4S. The zero-order chi connectivity index (χ0) is 25.0. The zero-order valence-electron chi connectivity index (χ0n) is 18.3. The third kappa shape index (κ3) is 6.11. The van der Waals surface area contributed by atoms with Gasteiger partial charge in [0.05, 0.1) is 40.0 Å². The van der Waals surface area contributed by atoms with E-state index in [0.717, 1.165) is 17.4 Å². The second kappa shape index (κ2) is 10.4. The minimum Gasteiger partial charge on any atom is -0.489 e. The van der Waals surface area contributed by atoms with Gasteiger partial charge in [-0.25, -0.2) is 13.4 Å². The number of anilines is 1. The molecule has 0 unspecified atom stereocenters. The molecule has 0 aliphatic rings. The van der Waals surface area contributed by atoms with Gasteiger partial charge in [-0.1, -0.05) is 29.8 Å². The van der Waals surface area contributed by atoms with Gasteiger partial charge < -0.3 is 9.47 Å². The van der Waals surface area contributed by atoms with E-state index in [1.54, 1.807) is 30.3 Å². The number of nitrogens with one attached hydrogen (secondary N) is 1. The van der Waals surface area contributed by atoms with E-state index in [-0.39, 0.29) is 34.6 Å². The molecule has 1 heterocycles. The molecule has 11 heteroatoms. The Kier molecular flexibility index (Phi) is 7.26. The number of benzene rings is 3. The number of hydrogen-bond acceptors (Lipinski definition) is 7. The summed E-state index contributed by atoms with van der Waals surface area (Å²) in [5.41, 5.74) is 3.25. The number of hydrogen-bond donors (Lipinski definition) is 1. The first-order chi connectivity index (χ1) is 16.8. The molecule has 4 aromatic rings. The fraction of sp³-hybridized carbons (Fsp3) is 0.125. The van der Waals surface area contributed by atoms with Gasteiger partial charge in [-0.2, -0.15) is 5.26 Å². The number of fused-ring (bicyclic) bond motifs is 1. The van der Waals surface area contributed by atoms with Crippen molar-refractivity contribution in [3.8, 4) is 34.4 Å². The Balaban J connectivity index is 1.53. The molecule has 35 heavy (non-hydrogen) atoms. The van der Waals surface area contributed by atoms with E-state index in [4.69, 9.17) is 32.7 Å². The number of nitriles is 1. The lowest BCUT2D eigenvalue weighted by atomic mass is 10.0. The molecule has 0 fully saturated rings. The number of aromatic nitrogens is 2. The summed E-state index contributed by atoms with van der Waals surface area (Å²) in [6.07, 6.45) is 2.43. The van der Waals surface area contributed by atoms with Crippen molar-refractivity contribution in [3.63, 3.8) is 0 Å². The highest BCUT2D eigenvalue weighted by atomic mass is 35.5. The van der Waals surface area contributed by atoms with Gasteiger partial charge in [-0.3, -0.25) is 9.71 Å². The van der Waals surface area contributed by atoms with Gasteiger partial charge in [-0.05, 0) is 35.4 Å². The summed E-state index contributed by atoms with van der Waals surface area (Å²) in [4.78, 5) is 8.58. The third-order valence-electron chi connectivity index (χ3n) is 4.72. The fourth-order valence-corrected chi connectivity index (χ4v) is 4.10. The second-order valence-electron chi connectivity index (χ2n) is 7.39. The number of ether oxygens (including phenoxy) is 2. The molecule has 0 bridgehead atoms. The Bertz CT molecular complexity index is 1540. The molecule has 0 spiro atoms. The summed E-state index contributed by atoms with van der Waals surface area (Å²) in [7, 11) is -3.43. The number of alkyl halides is 1. The molecule has 0 aliphatic carbocycles. The lowest BCUT2D eigenvalue weighted by Crippen LogP contribution is -2.11. The largest absolute Gasteiger partial charge is 0.489 e. The van der Waals surface area contributed by atoms with Gasteiger partial charge in [-0.15, -0.1) is 11.6 Å². The van der Waals surface area contributed by atoms with Crippen molar-refractivity contribution >= 4 is 50.1 Å². The summed E-state index contributed by atoms with van der Waals surface area (Å²) < 4.78 is 36.4. The number of rotatable bonds is 8. The molecular weight excluding hydrogens is 511 g/mol. The van der Waals surface area contributed by atoms with Gasteiger partial charge in [0.2, 0.25) is 10.0 Å². The van der Waals surface area contributed by atoms with Gasteiger partial charge in [0.25, 0.3) is 0 Å². The smallest absolute Gasteiger partial charge is 0.231 e. The standard InChI is InChI=1S/C24H18Cl2N4O4S/c1-35(31,32)30-23-14-28-22-11-16(4-7-21(22)29-23)15-2-5-18(6-3-15)34-19-10-17(13-27)24(20(26)12-19)33-9-8-25/h2-7,10-12,14H,8-9H2,1H3,(H,29,30). The molecule has 0 saturated carbocycles. The van der Waals surface area contributed by atoms with Crippen LogP contribution in [0.2, 0.25) is 5.02 Å². The van der Waals surface area contributed by atoms with Crippen molar-refractivity contribution in [1.29, 1.82) is 5.26 Å². The van der Waals surface area contributed by atoms with Crippen molar-refractivity contribution in [2.45, 2.75) is 0 Å². The van der Waals surface area contributed by atoms with E-state index >= 15 is 0 Å². The van der Waals surface area contributed by atoms with Crippen molar-refractivity contribution in [2.75, 3.05) is 23.5 Å². The highest BCUT2D eigenvalue weighted by Crippen LogP contribution is 2.35. The molecule has 1 aromatic heterocycles. The minimum atomic E-state index is -3.43. The monoisotopic (exact) mass is 528 g/mol. The van der Waals surface area contributed by atoms with Crippen LogP contribution >= 0.6 is 23.2 Å². The van der Waals surface area contributed by atoms with Crippen LogP contribution in [0.15, 0.2) is 60.8 Å². The average Bonchev–Trinajstić information content (AvgIpc) is 2.82. The highest BCUT2D eigenvalue weighted by molar-refractivity contribution is 7.92. The average molecular weight is 529 g/mol. The Labute approximate surface area is 212 Å². The number of halogens is 2. The van der Waals surface area contributed by atoms with Crippen LogP contribution in [0, 0.1) is 11.3 Å². The van der Waals surface area contributed by atoms with Crippen LogP contribution < -0.4 is 14.2 Å². The molecule has 4 rings (SSSR count). The summed E-state index contributed by atoms with van der Waals surface area (Å²) in [6.45, 7) is 0.233. The van der Waals surface area contributed by atoms with Gasteiger partial charge >= 0.3 is 0 Å². The summed E-state index contributed by atoms with van der Waals surface area (Å²) in [5.74, 6) is 1.66. The van der Waals surface area contributed by atoms with Gasteiger partial charge in [0.15, 0.2) is 11.6 Å². The minimum absolute atomic E-state index is 0.160. The molecule has 8 nitrogen and oxygen atoms in total. The normalized spacial score (nSPS) is 11.1. The van der Waals surface area contributed by atoms with Crippen LogP contribution in [-0.4, -0.2) is 37.1 Å². The topological polar surface area (TPSA) is 114 Å². The highest BCUT2D eigenvalue weighted by Gasteiger charge is 2.13. The van der Waals surface area contributed by atoms with Gasteiger partial charge in [0.1, 0.15) is 24.2 Å². The van der Waals surface area contributed by atoms with Crippen LogP contribution in [-0.2, 0) is 10.0 Å². The van der Waals surface area contributed by atoms with Crippen LogP contribution in [0.1, 0.15) is 5.56 Å². The first-order valence-corrected chi connectivity index (χ1v) is 13.0. The van der Waals surface area contributed by atoms with Crippen LogP contribution in [0.25, 0.3) is 22.2 Å². The quantitative estimate of drug-likeness (QED) is 0.296. The maximum absolute atomic E-state index is 11.4. The molecule has 3 aromatic carbocycles. The predicted molar refractivity (Wildman–Crippen MR) is 136 cm³/mol. The van der Waals surface area contributed by atoms with E-state index in [2.05, 4.69) is 20.8 Å². The maximum atomic E-state index is 11.4. The van der Waals surface area contributed by atoms with Crippen molar-refractivity contribution in [3.05, 3.63) is 71.4 Å². The van der Waals surface area contributed by atoms with Crippen LogP contribution in [0.4, 0.5) is 5.82 Å². The number of nitrogens with zero attached hydrogens (tertiary/aromatic N) is 3. The summed E-state index contributed by atoms with van der Waals surface area (Å²) in [6, 6.07) is 18.0. The number of sulfonamides is 1. The molecule has 1 N–H and O–H groups in total.